The fraction of sp³-hybridized carbons (Fsp3) is 0.536. The molecule has 2 aromatic heterocycles. The third-order valence-electron chi connectivity index (χ3n) is 6.88. The lowest BCUT2D eigenvalue weighted by Gasteiger charge is -2.24. The Morgan fingerprint density at radius 2 is 2.03 bits per heavy atom. The van der Waals surface area contributed by atoms with E-state index in [4.69, 9.17) is 19.2 Å². The summed E-state index contributed by atoms with van der Waals surface area (Å²) in [6.07, 6.45) is 4.54. The van der Waals surface area contributed by atoms with Crippen molar-refractivity contribution in [3.63, 3.8) is 0 Å². The summed E-state index contributed by atoms with van der Waals surface area (Å²) in [5, 5.41) is 11.3. The van der Waals surface area contributed by atoms with Crippen molar-refractivity contribution in [2.45, 2.75) is 58.8 Å². The molecule has 0 radical (unpaired) electrons. The van der Waals surface area contributed by atoms with Crippen molar-refractivity contribution >= 4 is 26.8 Å². The first-order valence-corrected chi connectivity index (χ1v) is 13.2. The van der Waals surface area contributed by atoms with E-state index >= 15 is 0 Å². The Balaban J connectivity index is 1.86. The number of hydrogen-bond donors (Lipinski definition) is 1. The Morgan fingerprint density at radius 1 is 1.26 bits per heavy atom. The number of fused-ring (bicyclic) bond motifs is 1. The molecule has 1 fully saturated rings. The van der Waals surface area contributed by atoms with Gasteiger partial charge < -0.3 is 23.9 Å². The molecule has 1 atom stereocenters. The van der Waals surface area contributed by atoms with Crippen molar-refractivity contribution in [1.29, 1.82) is 0 Å². The molecule has 1 aromatic carbocycles. The molecule has 6 nitrogen and oxygen atoms in total. The molecular formula is C28H37BrN2O4. The highest BCUT2D eigenvalue weighted by Crippen LogP contribution is 2.41. The molecule has 35 heavy (non-hydrogen) atoms. The smallest absolute Gasteiger partial charge is 0.0969 e. The lowest BCUT2D eigenvalue weighted by atomic mass is 9.84. The summed E-state index contributed by atoms with van der Waals surface area (Å²) in [6.45, 7) is 9.23. The molecule has 0 saturated carbocycles. The van der Waals surface area contributed by atoms with Crippen molar-refractivity contribution in [2.24, 2.45) is 5.41 Å². The number of nitrogens with zero attached hydrogens (tertiary/aromatic N) is 2. The molecule has 0 spiro atoms. The van der Waals surface area contributed by atoms with Crippen LogP contribution in [-0.4, -0.2) is 54.3 Å². The van der Waals surface area contributed by atoms with E-state index in [0.717, 1.165) is 66.0 Å². The standard InChI is InChI=1S/C28H37BrN2O4/c1-19(33-4)26-22(6-5-11-30-26)27-24(17-28(2,3)18-32)23-16-20(29)7-8-25(23)31(27)12-15-35-21-9-13-34-14-10-21/h5-8,11,16,19,21,32H,9-10,12-15,17-18H2,1-4H3. The highest BCUT2D eigenvalue weighted by atomic mass is 79.9. The maximum Gasteiger partial charge on any atom is 0.0969 e. The van der Waals surface area contributed by atoms with Gasteiger partial charge in [-0.15, -0.1) is 0 Å². The number of benzene rings is 1. The van der Waals surface area contributed by atoms with Crippen LogP contribution in [0.4, 0.5) is 0 Å². The van der Waals surface area contributed by atoms with Crippen LogP contribution in [0.25, 0.3) is 22.2 Å². The van der Waals surface area contributed by atoms with Crippen LogP contribution in [-0.2, 0) is 27.2 Å². The lowest BCUT2D eigenvalue weighted by molar-refractivity contribution is -0.0336. The van der Waals surface area contributed by atoms with Gasteiger partial charge in [0.25, 0.3) is 0 Å². The number of aromatic nitrogens is 2. The van der Waals surface area contributed by atoms with E-state index in [2.05, 4.69) is 58.6 Å². The summed E-state index contributed by atoms with van der Waals surface area (Å²) in [7, 11) is 1.72. The molecule has 4 rings (SSSR count). The Labute approximate surface area is 216 Å². The predicted octanol–water partition coefficient (Wildman–Crippen LogP) is 5.93. The van der Waals surface area contributed by atoms with E-state index in [1.165, 1.54) is 10.9 Å². The average molecular weight is 546 g/mol. The van der Waals surface area contributed by atoms with Crippen molar-refractivity contribution in [2.75, 3.05) is 33.5 Å². The van der Waals surface area contributed by atoms with E-state index in [0.29, 0.717) is 6.61 Å². The Hall–Kier alpha value is -1.77. The third kappa shape index (κ3) is 5.97. The number of pyridine rings is 1. The molecule has 1 unspecified atom stereocenters. The number of aliphatic hydroxyl groups excluding tert-OH is 1. The molecule has 0 aliphatic carbocycles. The first kappa shape index (κ1) is 26.3. The van der Waals surface area contributed by atoms with E-state index in [1.807, 2.05) is 19.2 Å². The first-order valence-electron chi connectivity index (χ1n) is 12.4. The minimum atomic E-state index is -0.274. The van der Waals surface area contributed by atoms with Gasteiger partial charge >= 0.3 is 0 Å². The number of ether oxygens (including phenoxy) is 3. The molecule has 0 amide bonds. The third-order valence-corrected chi connectivity index (χ3v) is 7.38. The lowest BCUT2D eigenvalue weighted by Crippen LogP contribution is -2.25. The molecule has 3 heterocycles. The minimum absolute atomic E-state index is 0.106. The van der Waals surface area contributed by atoms with Gasteiger partial charge in [0.2, 0.25) is 0 Å². The summed E-state index contributed by atoms with van der Waals surface area (Å²) in [4.78, 5) is 4.72. The number of methoxy groups -OCH3 is 1. The predicted molar refractivity (Wildman–Crippen MR) is 143 cm³/mol. The van der Waals surface area contributed by atoms with Gasteiger partial charge in [0.15, 0.2) is 0 Å². The van der Waals surface area contributed by atoms with Gasteiger partial charge in [-0.2, -0.15) is 0 Å². The summed E-state index contributed by atoms with van der Waals surface area (Å²) >= 11 is 3.68. The normalized spacial score (nSPS) is 16.2. The molecule has 1 N–H and O–H groups in total. The maximum atomic E-state index is 10.1. The molecule has 1 aliphatic rings. The van der Waals surface area contributed by atoms with Crippen LogP contribution in [0, 0.1) is 5.41 Å². The van der Waals surface area contributed by atoms with Crippen LogP contribution in [0.2, 0.25) is 0 Å². The highest BCUT2D eigenvalue weighted by molar-refractivity contribution is 9.10. The van der Waals surface area contributed by atoms with Gasteiger partial charge in [-0.25, -0.2) is 0 Å². The zero-order valence-electron chi connectivity index (χ0n) is 21.2. The quantitative estimate of drug-likeness (QED) is 0.342. The second-order valence-electron chi connectivity index (χ2n) is 10.1. The zero-order valence-corrected chi connectivity index (χ0v) is 22.8. The monoisotopic (exact) mass is 544 g/mol. The second-order valence-corrected chi connectivity index (χ2v) is 11.1. The molecule has 0 bridgehead atoms. The van der Waals surface area contributed by atoms with Crippen LogP contribution in [0.3, 0.4) is 0 Å². The average Bonchev–Trinajstić information content (AvgIpc) is 3.15. The summed E-state index contributed by atoms with van der Waals surface area (Å²) < 4.78 is 20.9. The van der Waals surface area contributed by atoms with Crippen LogP contribution in [0.1, 0.15) is 51.0 Å². The summed E-state index contributed by atoms with van der Waals surface area (Å²) in [5.41, 5.74) is 5.19. The molecule has 7 heteroatoms. The topological polar surface area (TPSA) is 65.7 Å². The van der Waals surface area contributed by atoms with Crippen molar-refractivity contribution in [1.82, 2.24) is 9.55 Å². The second kappa shape index (κ2) is 11.5. The number of rotatable bonds is 10. The Kier molecular flexibility index (Phi) is 8.66. The van der Waals surface area contributed by atoms with E-state index < -0.39 is 0 Å². The van der Waals surface area contributed by atoms with Gasteiger partial charge in [0.1, 0.15) is 0 Å². The van der Waals surface area contributed by atoms with Crippen molar-refractivity contribution < 1.29 is 19.3 Å². The van der Waals surface area contributed by atoms with E-state index in [9.17, 15) is 5.11 Å². The summed E-state index contributed by atoms with van der Waals surface area (Å²) in [5.74, 6) is 0. The molecular weight excluding hydrogens is 508 g/mol. The van der Waals surface area contributed by atoms with Gasteiger partial charge in [0.05, 0.1) is 30.2 Å². The van der Waals surface area contributed by atoms with Gasteiger partial charge in [-0.1, -0.05) is 29.8 Å². The van der Waals surface area contributed by atoms with Crippen LogP contribution in [0.15, 0.2) is 41.0 Å². The van der Waals surface area contributed by atoms with Gasteiger partial charge in [-0.05, 0) is 67.5 Å². The largest absolute Gasteiger partial charge is 0.396 e. The molecule has 1 aliphatic heterocycles. The Morgan fingerprint density at radius 3 is 2.74 bits per heavy atom. The summed E-state index contributed by atoms with van der Waals surface area (Å²) in [6, 6.07) is 10.6. The zero-order chi connectivity index (χ0) is 25.0. The number of hydrogen-bond acceptors (Lipinski definition) is 5. The molecule has 190 valence electrons. The van der Waals surface area contributed by atoms with Crippen LogP contribution < -0.4 is 0 Å². The minimum Gasteiger partial charge on any atom is -0.396 e. The first-order chi connectivity index (χ1) is 16.8. The molecule has 3 aromatic rings. The maximum absolute atomic E-state index is 10.1. The van der Waals surface area contributed by atoms with Crippen molar-refractivity contribution in [3.05, 3.63) is 52.3 Å². The number of aliphatic hydroxyl groups is 1. The highest BCUT2D eigenvalue weighted by Gasteiger charge is 2.28. The van der Waals surface area contributed by atoms with E-state index in [-0.39, 0.29) is 24.2 Å². The van der Waals surface area contributed by atoms with Crippen molar-refractivity contribution in [3.8, 4) is 11.3 Å². The van der Waals surface area contributed by atoms with Gasteiger partial charge in [0, 0.05) is 60.6 Å². The Bertz CT molecular complexity index is 1140. The van der Waals surface area contributed by atoms with Crippen LogP contribution in [0.5, 0.6) is 0 Å². The SMILES string of the molecule is COC(C)c1ncccc1-c1c(CC(C)(C)CO)c2cc(Br)ccc2n1CCOC1CCOCC1. The fourth-order valence-electron chi connectivity index (χ4n) is 4.86. The van der Waals surface area contributed by atoms with Gasteiger partial charge in [-0.3, -0.25) is 4.98 Å². The fourth-order valence-corrected chi connectivity index (χ4v) is 5.22. The van der Waals surface area contributed by atoms with Crippen LogP contribution >= 0.6 is 15.9 Å². The number of halogens is 1. The van der Waals surface area contributed by atoms with E-state index in [1.54, 1.807) is 7.11 Å². The molecule has 1 saturated heterocycles.